The van der Waals surface area contributed by atoms with E-state index in [0.717, 1.165) is 28.7 Å². The number of aryl methyl sites for hydroxylation is 1. The van der Waals surface area contributed by atoms with E-state index in [0.29, 0.717) is 25.9 Å². The summed E-state index contributed by atoms with van der Waals surface area (Å²) in [6, 6.07) is 12.7. The van der Waals surface area contributed by atoms with Crippen LogP contribution in [0.2, 0.25) is 0 Å². The van der Waals surface area contributed by atoms with Crippen LogP contribution in [-0.2, 0) is 23.9 Å². The van der Waals surface area contributed by atoms with Crippen molar-refractivity contribution in [1.82, 2.24) is 14.9 Å². The van der Waals surface area contributed by atoms with Crippen LogP contribution in [0, 0.1) is 0 Å². The number of aromatic nitrogens is 2. The number of imidazole rings is 1. The molecule has 136 valence electrons. The number of nitrogens with one attached hydrogen (secondary N) is 1. The molecule has 0 radical (unpaired) electrons. The number of nitrogens with zero attached hydrogens (tertiary/aromatic N) is 2. The second-order valence-electron chi connectivity index (χ2n) is 5.97. The summed E-state index contributed by atoms with van der Waals surface area (Å²) in [5.41, 5.74) is 1.94. The number of rotatable bonds is 6. The molecule has 3 aromatic rings. The van der Waals surface area contributed by atoms with E-state index in [1.54, 1.807) is 6.33 Å². The molecule has 0 saturated heterocycles. The van der Waals surface area contributed by atoms with E-state index in [-0.39, 0.29) is 5.91 Å². The van der Waals surface area contributed by atoms with Crippen LogP contribution < -0.4 is 5.32 Å². The van der Waals surface area contributed by atoms with Crippen molar-refractivity contribution in [3.8, 4) is 0 Å². The number of carbonyl (C=O) groups excluding carboxylic acids is 1. The fourth-order valence-electron chi connectivity index (χ4n) is 2.71. The van der Waals surface area contributed by atoms with Crippen LogP contribution in [0.25, 0.3) is 11.0 Å². The highest BCUT2D eigenvalue weighted by Crippen LogP contribution is 2.29. The van der Waals surface area contributed by atoms with Crippen LogP contribution in [0.1, 0.15) is 17.5 Å². The van der Waals surface area contributed by atoms with Gasteiger partial charge in [0, 0.05) is 19.5 Å². The van der Waals surface area contributed by atoms with Gasteiger partial charge in [-0.3, -0.25) is 4.79 Å². The van der Waals surface area contributed by atoms with Gasteiger partial charge >= 0.3 is 6.18 Å². The van der Waals surface area contributed by atoms with Crippen LogP contribution in [0.15, 0.2) is 54.9 Å². The third-order valence-corrected chi connectivity index (χ3v) is 4.12. The van der Waals surface area contributed by atoms with Crippen LogP contribution in [-0.4, -0.2) is 22.0 Å². The minimum atomic E-state index is -4.33. The molecular formula is C19H18F3N3O. The van der Waals surface area contributed by atoms with Crippen LogP contribution in [0.3, 0.4) is 0 Å². The normalized spacial score (nSPS) is 11.7. The summed E-state index contributed by atoms with van der Waals surface area (Å²) in [4.78, 5) is 16.2. The Morgan fingerprint density at radius 2 is 1.81 bits per heavy atom. The van der Waals surface area contributed by atoms with Gasteiger partial charge in [0.05, 0.1) is 22.9 Å². The predicted molar refractivity (Wildman–Crippen MR) is 92.5 cm³/mol. The lowest BCUT2D eigenvalue weighted by Gasteiger charge is -2.09. The Morgan fingerprint density at radius 1 is 1.08 bits per heavy atom. The Labute approximate surface area is 148 Å². The lowest BCUT2D eigenvalue weighted by molar-refractivity contribution is -0.137. The molecule has 0 spiro atoms. The molecule has 3 rings (SSSR count). The summed E-state index contributed by atoms with van der Waals surface area (Å²) < 4.78 is 39.5. The summed E-state index contributed by atoms with van der Waals surface area (Å²) >= 11 is 0. The van der Waals surface area contributed by atoms with Gasteiger partial charge in [-0.1, -0.05) is 24.3 Å². The number of hydrogen-bond donors (Lipinski definition) is 1. The minimum absolute atomic E-state index is 0.102. The number of hydrogen-bond acceptors (Lipinski definition) is 2. The molecule has 0 aliphatic carbocycles. The molecule has 0 aliphatic heterocycles. The van der Waals surface area contributed by atoms with Gasteiger partial charge in [-0.25, -0.2) is 4.98 Å². The molecule has 0 fully saturated rings. The fourth-order valence-corrected chi connectivity index (χ4v) is 2.71. The monoisotopic (exact) mass is 361 g/mol. The Balaban J connectivity index is 1.44. The van der Waals surface area contributed by atoms with Crippen molar-refractivity contribution in [3.63, 3.8) is 0 Å². The highest BCUT2D eigenvalue weighted by molar-refractivity contribution is 5.77. The van der Waals surface area contributed by atoms with Gasteiger partial charge < -0.3 is 9.88 Å². The lowest BCUT2D eigenvalue weighted by Crippen LogP contribution is -2.26. The summed E-state index contributed by atoms with van der Waals surface area (Å²) in [7, 11) is 0. The first-order valence-corrected chi connectivity index (χ1v) is 8.26. The number of fused-ring (bicyclic) bond motifs is 1. The van der Waals surface area contributed by atoms with E-state index >= 15 is 0 Å². The molecule has 1 heterocycles. The molecule has 0 atom stereocenters. The first kappa shape index (κ1) is 18.0. The zero-order valence-corrected chi connectivity index (χ0v) is 14.0. The van der Waals surface area contributed by atoms with Crippen molar-refractivity contribution in [1.29, 1.82) is 0 Å². The smallest absolute Gasteiger partial charge is 0.356 e. The highest BCUT2D eigenvalue weighted by atomic mass is 19.4. The van der Waals surface area contributed by atoms with Gasteiger partial charge in [-0.05, 0) is 36.2 Å². The van der Waals surface area contributed by atoms with E-state index < -0.39 is 11.7 Å². The van der Waals surface area contributed by atoms with E-state index in [4.69, 9.17) is 0 Å². The number of para-hydroxylation sites is 2. The number of halogens is 3. The van der Waals surface area contributed by atoms with Crippen molar-refractivity contribution in [3.05, 3.63) is 66.0 Å². The maximum absolute atomic E-state index is 12.5. The molecule has 7 heteroatoms. The maximum atomic E-state index is 12.5. The minimum Gasteiger partial charge on any atom is -0.356 e. The highest BCUT2D eigenvalue weighted by Gasteiger charge is 2.29. The standard InChI is InChI=1S/C19H18F3N3O/c20-19(21,22)15-7-5-14(6-8-15)9-11-23-18(26)10-12-25-13-24-16-3-1-2-4-17(16)25/h1-8,13H,9-12H2,(H,23,26). The molecule has 1 amide bonds. The summed E-state index contributed by atoms with van der Waals surface area (Å²) in [6.45, 7) is 0.904. The number of carbonyl (C=O) groups is 1. The van der Waals surface area contributed by atoms with Gasteiger partial charge in [0.25, 0.3) is 0 Å². The first-order chi connectivity index (χ1) is 12.4. The third kappa shape index (κ3) is 4.41. The summed E-state index contributed by atoms with van der Waals surface area (Å²) in [5.74, 6) is -0.102. The quantitative estimate of drug-likeness (QED) is 0.726. The van der Waals surface area contributed by atoms with Gasteiger partial charge in [-0.2, -0.15) is 13.2 Å². The molecule has 1 aromatic heterocycles. The average Bonchev–Trinajstić information content (AvgIpc) is 3.03. The van der Waals surface area contributed by atoms with E-state index in [2.05, 4.69) is 10.3 Å². The molecule has 0 aliphatic rings. The third-order valence-electron chi connectivity index (χ3n) is 4.12. The second kappa shape index (κ2) is 7.59. The van der Waals surface area contributed by atoms with Crippen molar-refractivity contribution in [2.24, 2.45) is 0 Å². The molecule has 0 unspecified atom stereocenters. The molecule has 0 saturated carbocycles. The van der Waals surface area contributed by atoms with Crippen molar-refractivity contribution in [2.45, 2.75) is 25.6 Å². The first-order valence-electron chi connectivity index (χ1n) is 8.26. The zero-order chi connectivity index (χ0) is 18.6. The Kier molecular flexibility index (Phi) is 5.25. The lowest BCUT2D eigenvalue weighted by atomic mass is 10.1. The molecular weight excluding hydrogens is 343 g/mol. The largest absolute Gasteiger partial charge is 0.416 e. The number of amides is 1. The Bertz CT molecular complexity index is 885. The SMILES string of the molecule is O=C(CCn1cnc2ccccc21)NCCc1ccc(C(F)(F)F)cc1. The van der Waals surface area contributed by atoms with E-state index in [1.165, 1.54) is 12.1 Å². The van der Waals surface area contributed by atoms with Crippen molar-refractivity contribution in [2.75, 3.05) is 6.54 Å². The summed E-state index contributed by atoms with van der Waals surface area (Å²) in [5, 5.41) is 2.79. The molecule has 26 heavy (non-hydrogen) atoms. The predicted octanol–water partition coefficient (Wildman–Crippen LogP) is 3.80. The zero-order valence-electron chi connectivity index (χ0n) is 14.0. The van der Waals surface area contributed by atoms with E-state index in [1.807, 2.05) is 28.8 Å². The number of alkyl halides is 3. The van der Waals surface area contributed by atoms with Gasteiger partial charge in [0.1, 0.15) is 0 Å². The molecule has 4 nitrogen and oxygen atoms in total. The van der Waals surface area contributed by atoms with Gasteiger partial charge in [0.2, 0.25) is 5.91 Å². The molecule has 2 aromatic carbocycles. The van der Waals surface area contributed by atoms with Crippen LogP contribution >= 0.6 is 0 Å². The Hall–Kier alpha value is -2.83. The van der Waals surface area contributed by atoms with Gasteiger partial charge in [-0.15, -0.1) is 0 Å². The van der Waals surface area contributed by atoms with Crippen molar-refractivity contribution >= 4 is 16.9 Å². The molecule has 0 bridgehead atoms. The van der Waals surface area contributed by atoms with E-state index in [9.17, 15) is 18.0 Å². The van der Waals surface area contributed by atoms with Crippen LogP contribution in [0.5, 0.6) is 0 Å². The summed E-state index contributed by atoms with van der Waals surface area (Å²) in [6.07, 6.45) is -1.82. The number of benzene rings is 2. The average molecular weight is 361 g/mol. The fraction of sp³-hybridized carbons (Fsp3) is 0.263. The van der Waals surface area contributed by atoms with Crippen LogP contribution in [0.4, 0.5) is 13.2 Å². The van der Waals surface area contributed by atoms with Gasteiger partial charge in [0.15, 0.2) is 0 Å². The Morgan fingerprint density at radius 3 is 2.54 bits per heavy atom. The maximum Gasteiger partial charge on any atom is 0.416 e. The van der Waals surface area contributed by atoms with Crippen molar-refractivity contribution < 1.29 is 18.0 Å². The topological polar surface area (TPSA) is 46.9 Å². The molecule has 1 N–H and O–H groups in total. The second-order valence-corrected chi connectivity index (χ2v) is 5.97.